The number of benzene rings is 1. The molecule has 19 heavy (non-hydrogen) atoms. The Morgan fingerprint density at radius 2 is 2.26 bits per heavy atom. The quantitative estimate of drug-likeness (QED) is 0.645. The number of rotatable bonds is 6. The molecule has 0 bridgehead atoms. The normalized spacial score (nSPS) is 16.1. The lowest BCUT2D eigenvalue weighted by molar-refractivity contribution is -0.141. The van der Waals surface area contributed by atoms with E-state index in [9.17, 15) is 4.79 Å². The Labute approximate surface area is 122 Å². The second-order valence-electron chi connectivity index (χ2n) is 5.09. The van der Waals surface area contributed by atoms with Crippen LogP contribution < -0.4 is 5.73 Å². The third kappa shape index (κ3) is 4.05. The fourth-order valence-corrected chi connectivity index (χ4v) is 3.59. The van der Waals surface area contributed by atoms with Crippen molar-refractivity contribution in [1.29, 1.82) is 0 Å². The van der Waals surface area contributed by atoms with Gasteiger partial charge in [-0.3, -0.25) is 4.79 Å². The molecule has 0 radical (unpaired) electrons. The highest BCUT2D eigenvalue weighted by atomic mass is 35.5. The molecule has 0 saturated heterocycles. The fourth-order valence-electron chi connectivity index (χ4n) is 2.00. The zero-order chi connectivity index (χ0) is 13.9. The van der Waals surface area contributed by atoms with Crippen molar-refractivity contribution in [3.63, 3.8) is 0 Å². The molecule has 0 aromatic heterocycles. The summed E-state index contributed by atoms with van der Waals surface area (Å²) >= 11 is 7.76. The van der Waals surface area contributed by atoms with Crippen LogP contribution in [0.15, 0.2) is 18.2 Å². The summed E-state index contributed by atoms with van der Waals surface area (Å²) in [5, 5.41) is 0.709. The number of nitrogens with two attached hydrogens (primary N) is 1. The minimum absolute atomic E-state index is 0.111. The summed E-state index contributed by atoms with van der Waals surface area (Å²) in [6, 6.07) is 5.54. The third-order valence-corrected chi connectivity index (χ3v) is 5.04. The largest absolute Gasteiger partial charge is 0.469 e. The number of esters is 1. The van der Waals surface area contributed by atoms with E-state index in [1.807, 2.05) is 12.1 Å². The summed E-state index contributed by atoms with van der Waals surface area (Å²) in [4.78, 5) is 11.3. The van der Waals surface area contributed by atoms with E-state index in [1.165, 1.54) is 7.11 Å². The Morgan fingerprint density at radius 3 is 2.89 bits per heavy atom. The van der Waals surface area contributed by atoms with Crippen LogP contribution in [0.4, 0.5) is 5.69 Å². The van der Waals surface area contributed by atoms with Gasteiger partial charge in [-0.05, 0) is 47.8 Å². The first kappa shape index (κ1) is 14.5. The van der Waals surface area contributed by atoms with Crippen LogP contribution in [0, 0.1) is 5.41 Å². The molecule has 1 aromatic carbocycles. The Hall–Kier alpha value is -0.870. The number of anilines is 1. The number of carbonyl (C=O) groups excluding carboxylic acids is 1. The van der Waals surface area contributed by atoms with E-state index in [-0.39, 0.29) is 11.4 Å². The third-order valence-electron chi connectivity index (χ3n) is 3.47. The molecule has 1 aliphatic rings. The standard InChI is InChI=1S/C14H18ClNO2S/c1-18-13(17)7-14(4-5-14)9-19-8-10-6-11(15)2-3-12(10)16/h2-3,6H,4-5,7-9,16H2,1H3. The molecule has 5 heteroatoms. The molecule has 0 aliphatic heterocycles. The summed E-state index contributed by atoms with van der Waals surface area (Å²) in [5.41, 5.74) is 7.90. The second-order valence-corrected chi connectivity index (χ2v) is 6.51. The van der Waals surface area contributed by atoms with Crippen LogP contribution in [0.25, 0.3) is 0 Å². The number of thioether (sulfide) groups is 1. The summed E-state index contributed by atoms with van der Waals surface area (Å²) in [6.45, 7) is 0. The van der Waals surface area contributed by atoms with Gasteiger partial charge in [-0.2, -0.15) is 11.8 Å². The predicted molar refractivity (Wildman–Crippen MR) is 80.3 cm³/mol. The van der Waals surface area contributed by atoms with Gasteiger partial charge in [-0.1, -0.05) is 11.6 Å². The molecule has 0 atom stereocenters. The minimum atomic E-state index is -0.111. The maximum atomic E-state index is 11.3. The lowest BCUT2D eigenvalue weighted by Crippen LogP contribution is -2.13. The van der Waals surface area contributed by atoms with Crippen molar-refractivity contribution in [2.24, 2.45) is 5.41 Å². The van der Waals surface area contributed by atoms with Gasteiger partial charge in [0.05, 0.1) is 13.5 Å². The topological polar surface area (TPSA) is 52.3 Å². The van der Waals surface area contributed by atoms with Crippen molar-refractivity contribution in [3.05, 3.63) is 28.8 Å². The molecule has 2 N–H and O–H groups in total. The van der Waals surface area contributed by atoms with Gasteiger partial charge in [0, 0.05) is 16.5 Å². The highest BCUT2D eigenvalue weighted by Gasteiger charge is 2.44. The zero-order valence-corrected chi connectivity index (χ0v) is 12.5. The van der Waals surface area contributed by atoms with Crippen LogP contribution in [0.3, 0.4) is 0 Å². The molecule has 1 fully saturated rings. The van der Waals surface area contributed by atoms with Crippen molar-refractivity contribution < 1.29 is 9.53 Å². The summed E-state index contributed by atoms with van der Waals surface area (Å²) < 4.78 is 4.74. The van der Waals surface area contributed by atoms with Crippen LogP contribution >= 0.6 is 23.4 Å². The van der Waals surface area contributed by atoms with Gasteiger partial charge in [0.2, 0.25) is 0 Å². The molecule has 1 aromatic rings. The van der Waals surface area contributed by atoms with Crippen molar-refractivity contribution >= 4 is 35.0 Å². The first-order valence-electron chi connectivity index (χ1n) is 6.23. The van der Waals surface area contributed by atoms with Crippen LogP contribution in [0.1, 0.15) is 24.8 Å². The van der Waals surface area contributed by atoms with E-state index in [1.54, 1.807) is 17.8 Å². The lowest BCUT2D eigenvalue weighted by Gasteiger charge is -2.13. The van der Waals surface area contributed by atoms with Crippen molar-refractivity contribution in [3.8, 4) is 0 Å². The first-order chi connectivity index (χ1) is 9.04. The Bertz CT molecular complexity index is 475. The molecular formula is C14H18ClNO2S. The molecule has 104 valence electrons. The number of hydrogen-bond donors (Lipinski definition) is 1. The SMILES string of the molecule is COC(=O)CC1(CSCc2cc(Cl)ccc2N)CC1. The predicted octanol–water partition coefficient (Wildman–Crippen LogP) is 3.50. The number of hydrogen-bond acceptors (Lipinski definition) is 4. The molecular weight excluding hydrogens is 282 g/mol. The molecule has 0 unspecified atom stereocenters. The Kier molecular flexibility index (Phi) is 4.63. The Morgan fingerprint density at radius 1 is 1.53 bits per heavy atom. The van der Waals surface area contributed by atoms with Crippen molar-refractivity contribution in [2.45, 2.75) is 25.0 Å². The van der Waals surface area contributed by atoms with Crippen molar-refractivity contribution in [2.75, 3.05) is 18.6 Å². The number of halogens is 1. The number of ether oxygens (including phenoxy) is 1. The molecule has 1 aliphatic carbocycles. The van der Waals surface area contributed by atoms with E-state index >= 15 is 0 Å². The fraction of sp³-hybridized carbons (Fsp3) is 0.500. The van der Waals surface area contributed by atoms with Crippen LogP contribution in [-0.4, -0.2) is 18.8 Å². The zero-order valence-electron chi connectivity index (χ0n) is 10.9. The van der Waals surface area contributed by atoms with E-state index < -0.39 is 0 Å². The molecule has 2 rings (SSSR count). The average Bonchev–Trinajstić information content (AvgIpc) is 3.13. The van der Waals surface area contributed by atoms with Crippen LogP contribution in [0.5, 0.6) is 0 Å². The number of methoxy groups -OCH3 is 1. The molecule has 0 amide bonds. The minimum Gasteiger partial charge on any atom is -0.469 e. The van der Waals surface area contributed by atoms with E-state index in [4.69, 9.17) is 22.1 Å². The number of carbonyl (C=O) groups is 1. The Balaban J connectivity index is 1.83. The first-order valence-corrected chi connectivity index (χ1v) is 7.76. The molecule has 3 nitrogen and oxygen atoms in total. The highest BCUT2D eigenvalue weighted by molar-refractivity contribution is 7.98. The molecule has 1 saturated carbocycles. The van der Waals surface area contributed by atoms with E-state index in [0.717, 1.165) is 35.6 Å². The van der Waals surface area contributed by atoms with E-state index in [2.05, 4.69) is 0 Å². The highest BCUT2D eigenvalue weighted by Crippen LogP contribution is 2.51. The van der Waals surface area contributed by atoms with Gasteiger partial charge in [-0.25, -0.2) is 0 Å². The summed E-state index contributed by atoms with van der Waals surface area (Å²) in [5.74, 6) is 1.68. The average molecular weight is 300 g/mol. The van der Waals surface area contributed by atoms with Crippen LogP contribution in [0.2, 0.25) is 5.02 Å². The number of nitrogen functional groups attached to an aromatic ring is 1. The molecule has 0 heterocycles. The van der Waals surface area contributed by atoms with Gasteiger partial charge in [0.1, 0.15) is 0 Å². The monoisotopic (exact) mass is 299 g/mol. The van der Waals surface area contributed by atoms with Crippen LogP contribution in [-0.2, 0) is 15.3 Å². The van der Waals surface area contributed by atoms with Gasteiger partial charge >= 0.3 is 5.97 Å². The maximum Gasteiger partial charge on any atom is 0.306 e. The van der Waals surface area contributed by atoms with E-state index in [0.29, 0.717) is 11.4 Å². The lowest BCUT2D eigenvalue weighted by atomic mass is 10.1. The van der Waals surface area contributed by atoms with Gasteiger partial charge in [-0.15, -0.1) is 0 Å². The summed E-state index contributed by atoms with van der Waals surface area (Å²) in [7, 11) is 1.44. The molecule has 0 spiro atoms. The van der Waals surface area contributed by atoms with Gasteiger partial charge in [0.25, 0.3) is 0 Å². The second kappa shape index (κ2) is 6.06. The summed E-state index contributed by atoms with van der Waals surface area (Å²) in [6.07, 6.45) is 2.75. The smallest absolute Gasteiger partial charge is 0.306 e. The van der Waals surface area contributed by atoms with Gasteiger partial charge < -0.3 is 10.5 Å². The maximum absolute atomic E-state index is 11.3. The van der Waals surface area contributed by atoms with Gasteiger partial charge in [0.15, 0.2) is 0 Å². The van der Waals surface area contributed by atoms with Crippen molar-refractivity contribution in [1.82, 2.24) is 0 Å².